The number of hydrogen-bond acceptors (Lipinski definition) is 6. The zero-order valence-electron chi connectivity index (χ0n) is 15.9. The lowest BCUT2D eigenvalue weighted by atomic mass is 9.86. The lowest BCUT2D eigenvalue weighted by Gasteiger charge is -2.49. The van der Waals surface area contributed by atoms with Gasteiger partial charge in [0.1, 0.15) is 0 Å². The quantitative estimate of drug-likeness (QED) is 0.743. The molecule has 2 aliphatic rings. The van der Waals surface area contributed by atoms with E-state index in [2.05, 4.69) is 38.5 Å². The van der Waals surface area contributed by atoms with E-state index in [9.17, 15) is 4.79 Å². The molecule has 0 N–H and O–H groups in total. The fourth-order valence-electron chi connectivity index (χ4n) is 4.30. The van der Waals surface area contributed by atoms with Crippen molar-refractivity contribution in [1.82, 2.24) is 34.3 Å². The van der Waals surface area contributed by atoms with Crippen LogP contribution in [0, 0.1) is 0 Å². The van der Waals surface area contributed by atoms with Gasteiger partial charge in [-0.25, -0.2) is 9.50 Å². The highest BCUT2D eigenvalue weighted by molar-refractivity contribution is 5.76. The number of hydrogen-bond donors (Lipinski definition) is 0. The Balaban J connectivity index is 1.48. The van der Waals surface area contributed by atoms with Crippen LogP contribution < -0.4 is 0 Å². The first kappa shape index (κ1) is 18.1. The van der Waals surface area contributed by atoms with E-state index in [0.717, 1.165) is 44.8 Å². The zero-order chi connectivity index (χ0) is 18.9. The number of nitrogens with zero attached hydrogens (tertiary/aromatic N) is 7. The summed E-state index contributed by atoms with van der Waals surface area (Å²) in [5, 5.41) is 4.54. The molecule has 4 rings (SSSR count). The molecule has 0 bridgehead atoms. The van der Waals surface area contributed by atoms with Crippen LogP contribution in [0.15, 0.2) is 31.1 Å². The summed E-state index contributed by atoms with van der Waals surface area (Å²) in [4.78, 5) is 28.0. The number of aromatic nitrogens is 4. The molecule has 1 spiro atoms. The molecule has 8 nitrogen and oxygen atoms in total. The number of fused-ring (bicyclic) bond motifs is 1. The van der Waals surface area contributed by atoms with Crippen LogP contribution in [-0.4, -0.2) is 85.5 Å². The molecule has 1 unspecified atom stereocenters. The van der Waals surface area contributed by atoms with Crippen molar-refractivity contribution in [3.63, 3.8) is 0 Å². The maximum atomic E-state index is 12.4. The fraction of sp³-hybridized carbons (Fsp3) is 0.579. The Morgan fingerprint density at radius 2 is 2.19 bits per heavy atom. The van der Waals surface area contributed by atoms with Crippen molar-refractivity contribution < 1.29 is 4.79 Å². The third-order valence-electron chi connectivity index (χ3n) is 5.96. The van der Waals surface area contributed by atoms with Gasteiger partial charge in [0, 0.05) is 57.1 Å². The van der Waals surface area contributed by atoms with Crippen molar-refractivity contribution in [3.05, 3.63) is 36.9 Å². The summed E-state index contributed by atoms with van der Waals surface area (Å²) < 4.78 is 1.72. The molecule has 8 heteroatoms. The molecular weight excluding hydrogens is 342 g/mol. The van der Waals surface area contributed by atoms with Crippen molar-refractivity contribution in [2.45, 2.75) is 31.3 Å². The van der Waals surface area contributed by atoms with Gasteiger partial charge in [-0.1, -0.05) is 6.08 Å². The highest BCUT2D eigenvalue weighted by atomic mass is 16.2. The Morgan fingerprint density at radius 3 is 3.00 bits per heavy atom. The lowest BCUT2D eigenvalue weighted by molar-refractivity contribution is -0.130. The van der Waals surface area contributed by atoms with E-state index >= 15 is 0 Å². The number of rotatable bonds is 4. The van der Waals surface area contributed by atoms with Gasteiger partial charge in [-0.15, -0.1) is 11.7 Å². The standard InChI is InChI=1S/C19H27N7O/c1-3-9-25-11-7-19(6-5-17(25)27)15-24(13-12-23(19)2)14-16-21-18-20-8-4-10-26(18)22-16/h3-4,8,10H,1,5-7,9,11-15H2,2H3. The Kier molecular flexibility index (Phi) is 4.92. The molecule has 0 aromatic carbocycles. The summed E-state index contributed by atoms with van der Waals surface area (Å²) in [6.45, 7) is 8.82. The minimum absolute atomic E-state index is 0.0290. The molecule has 2 fully saturated rings. The third-order valence-corrected chi connectivity index (χ3v) is 5.96. The SMILES string of the molecule is C=CCN1CCC2(CCC1=O)CN(Cc1nc3ncccn3n1)CCN2C. The van der Waals surface area contributed by atoms with Crippen LogP contribution >= 0.6 is 0 Å². The first-order valence-electron chi connectivity index (χ1n) is 9.58. The van der Waals surface area contributed by atoms with Gasteiger partial charge in [-0.3, -0.25) is 14.6 Å². The van der Waals surface area contributed by atoms with Crippen molar-refractivity contribution in [2.75, 3.05) is 39.8 Å². The van der Waals surface area contributed by atoms with Crippen molar-refractivity contribution in [2.24, 2.45) is 0 Å². The zero-order valence-corrected chi connectivity index (χ0v) is 15.9. The van der Waals surface area contributed by atoms with Crippen LogP contribution in [0.4, 0.5) is 0 Å². The molecule has 1 amide bonds. The lowest BCUT2D eigenvalue weighted by Crippen LogP contribution is -2.60. The largest absolute Gasteiger partial charge is 0.339 e. The van der Waals surface area contributed by atoms with E-state index in [4.69, 9.17) is 0 Å². The summed E-state index contributed by atoms with van der Waals surface area (Å²) in [6.07, 6.45) is 7.90. The smallest absolute Gasteiger partial charge is 0.252 e. The molecule has 0 saturated carbocycles. The van der Waals surface area contributed by atoms with E-state index < -0.39 is 0 Å². The van der Waals surface area contributed by atoms with E-state index in [-0.39, 0.29) is 11.4 Å². The number of likely N-dealkylation sites (N-methyl/N-ethyl adjacent to an activating group) is 1. The Bertz CT molecular complexity index is 801. The summed E-state index contributed by atoms with van der Waals surface area (Å²) in [7, 11) is 2.19. The van der Waals surface area contributed by atoms with E-state index in [1.54, 1.807) is 10.7 Å². The second-order valence-corrected chi connectivity index (χ2v) is 7.63. The molecular formula is C19H27N7O. The molecule has 0 radical (unpaired) electrons. The Labute approximate surface area is 159 Å². The minimum atomic E-state index is 0.0290. The molecule has 1 atom stereocenters. The molecule has 144 valence electrons. The summed E-state index contributed by atoms with van der Waals surface area (Å²) in [6, 6.07) is 1.86. The highest BCUT2D eigenvalue weighted by Gasteiger charge is 2.42. The van der Waals surface area contributed by atoms with Gasteiger partial charge in [-0.2, -0.15) is 4.98 Å². The number of likely N-dealkylation sites (tertiary alicyclic amines) is 1. The minimum Gasteiger partial charge on any atom is -0.339 e. The summed E-state index contributed by atoms with van der Waals surface area (Å²) >= 11 is 0. The van der Waals surface area contributed by atoms with Gasteiger partial charge in [0.25, 0.3) is 5.78 Å². The topological polar surface area (TPSA) is 69.9 Å². The summed E-state index contributed by atoms with van der Waals surface area (Å²) in [5.41, 5.74) is 0.0290. The first-order valence-corrected chi connectivity index (χ1v) is 9.58. The Morgan fingerprint density at radius 1 is 1.30 bits per heavy atom. The molecule has 2 aromatic heterocycles. The van der Waals surface area contributed by atoms with E-state index in [1.165, 1.54) is 0 Å². The average molecular weight is 369 g/mol. The number of carbonyl (C=O) groups excluding carboxylic acids is 1. The number of amides is 1. The van der Waals surface area contributed by atoms with Gasteiger partial charge in [-0.05, 0) is 26.0 Å². The second-order valence-electron chi connectivity index (χ2n) is 7.63. The van der Waals surface area contributed by atoms with Crippen LogP contribution in [0.3, 0.4) is 0 Å². The van der Waals surface area contributed by atoms with E-state index in [1.807, 2.05) is 23.2 Å². The van der Waals surface area contributed by atoms with Gasteiger partial charge < -0.3 is 4.90 Å². The number of carbonyl (C=O) groups is 1. The third kappa shape index (κ3) is 3.59. The van der Waals surface area contributed by atoms with Crippen LogP contribution in [-0.2, 0) is 11.3 Å². The summed E-state index contributed by atoms with van der Waals surface area (Å²) in [5.74, 6) is 1.67. The van der Waals surface area contributed by atoms with Gasteiger partial charge >= 0.3 is 0 Å². The maximum Gasteiger partial charge on any atom is 0.252 e. The molecule has 27 heavy (non-hydrogen) atoms. The first-order chi connectivity index (χ1) is 13.1. The molecule has 2 aromatic rings. The average Bonchev–Trinajstić information content (AvgIpc) is 3.01. The van der Waals surface area contributed by atoms with Gasteiger partial charge in [0.15, 0.2) is 5.82 Å². The van der Waals surface area contributed by atoms with Crippen LogP contribution in [0.25, 0.3) is 5.78 Å². The monoisotopic (exact) mass is 369 g/mol. The van der Waals surface area contributed by atoms with Gasteiger partial charge in [0.05, 0.1) is 6.54 Å². The van der Waals surface area contributed by atoms with Crippen molar-refractivity contribution >= 4 is 11.7 Å². The van der Waals surface area contributed by atoms with Crippen LogP contribution in [0.5, 0.6) is 0 Å². The fourth-order valence-corrected chi connectivity index (χ4v) is 4.30. The van der Waals surface area contributed by atoms with Crippen molar-refractivity contribution in [3.8, 4) is 0 Å². The molecule has 4 heterocycles. The highest BCUT2D eigenvalue weighted by Crippen LogP contribution is 2.32. The van der Waals surface area contributed by atoms with Crippen LogP contribution in [0.1, 0.15) is 25.1 Å². The number of piperazine rings is 1. The van der Waals surface area contributed by atoms with Crippen molar-refractivity contribution in [1.29, 1.82) is 0 Å². The normalized spacial score (nSPS) is 25.2. The van der Waals surface area contributed by atoms with Gasteiger partial charge in [0.2, 0.25) is 5.91 Å². The predicted octanol–water partition coefficient (Wildman–Crippen LogP) is 0.809. The maximum absolute atomic E-state index is 12.4. The molecule has 2 aliphatic heterocycles. The predicted molar refractivity (Wildman–Crippen MR) is 102 cm³/mol. The molecule has 0 aliphatic carbocycles. The second kappa shape index (κ2) is 7.36. The van der Waals surface area contributed by atoms with E-state index in [0.29, 0.717) is 25.3 Å². The Hall–Kier alpha value is -2.32. The van der Waals surface area contributed by atoms with Crippen LogP contribution in [0.2, 0.25) is 0 Å². The molecule has 2 saturated heterocycles.